The van der Waals surface area contributed by atoms with Crippen LogP contribution in [0.15, 0.2) is 60.7 Å². The average Bonchev–Trinajstić information content (AvgIpc) is 2.54. The van der Waals surface area contributed by atoms with Crippen LogP contribution in [0.4, 0.5) is 5.69 Å². The van der Waals surface area contributed by atoms with Gasteiger partial charge in [0.1, 0.15) is 0 Å². The third kappa shape index (κ3) is 4.60. The summed E-state index contributed by atoms with van der Waals surface area (Å²) in [7, 11) is 0. The number of carbonyl (C=O) groups is 1. The summed E-state index contributed by atoms with van der Waals surface area (Å²) in [5.74, 6) is 0.433. The molecule has 0 aliphatic heterocycles. The van der Waals surface area contributed by atoms with E-state index in [2.05, 4.69) is 31.3 Å². The van der Waals surface area contributed by atoms with Crippen LogP contribution >= 0.6 is 0 Å². The van der Waals surface area contributed by atoms with Gasteiger partial charge in [0.05, 0.1) is 0 Å². The quantitative estimate of drug-likeness (QED) is 0.779. The Morgan fingerprint density at radius 2 is 1.76 bits per heavy atom. The molecule has 2 aromatic rings. The van der Waals surface area contributed by atoms with Crippen molar-refractivity contribution < 1.29 is 4.79 Å². The van der Waals surface area contributed by atoms with Gasteiger partial charge in [-0.1, -0.05) is 56.3 Å². The zero-order valence-electron chi connectivity index (χ0n) is 12.5. The molecule has 21 heavy (non-hydrogen) atoms. The Hall–Kier alpha value is -2.35. The lowest BCUT2D eigenvalue weighted by atomic mass is 9.99. The SMILES string of the molecule is CCC(C)c1ccc(NC(=O)/C=C/c2ccccc2)cc1. The number of nitrogens with one attached hydrogen (secondary N) is 1. The molecule has 0 saturated heterocycles. The number of rotatable bonds is 5. The van der Waals surface area contributed by atoms with E-state index in [1.807, 2.05) is 48.5 Å². The molecule has 108 valence electrons. The monoisotopic (exact) mass is 279 g/mol. The fraction of sp³-hybridized carbons (Fsp3) is 0.211. The van der Waals surface area contributed by atoms with Gasteiger partial charge < -0.3 is 5.32 Å². The predicted octanol–water partition coefficient (Wildman–Crippen LogP) is 4.85. The lowest BCUT2D eigenvalue weighted by Gasteiger charge is -2.09. The van der Waals surface area contributed by atoms with E-state index >= 15 is 0 Å². The Morgan fingerprint density at radius 3 is 2.38 bits per heavy atom. The van der Waals surface area contributed by atoms with E-state index in [4.69, 9.17) is 0 Å². The van der Waals surface area contributed by atoms with Gasteiger partial charge in [-0.2, -0.15) is 0 Å². The minimum absolute atomic E-state index is 0.116. The largest absolute Gasteiger partial charge is 0.323 e. The van der Waals surface area contributed by atoms with Crippen LogP contribution in [0.5, 0.6) is 0 Å². The third-order valence-electron chi connectivity index (χ3n) is 3.59. The molecule has 1 unspecified atom stereocenters. The molecule has 2 nitrogen and oxygen atoms in total. The fourth-order valence-corrected chi connectivity index (χ4v) is 2.05. The molecule has 0 bridgehead atoms. The van der Waals surface area contributed by atoms with Gasteiger partial charge in [-0.25, -0.2) is 0 Å². The fourth-order valence-electron chi connectivity index (χ4n) is 2.05. The number of carbonyl (C=O) groups excluding carboxylic acids is 1. The summed E-state index contributed by atoms with van der Waals surface area (Å²) in [5.41, 5.74) is 3.14. The number of hydrogen-bond acceptors (Lipinski definition) is 1. The minimum atomic E-state index is -0.116. The van der Waals surface area contributed by atoms with Crippen LogP contribution in [0, 0.1) is 0 Å². The molecule has 2 rings (SSSR count). The smallest absolute Gasteiger partial charge is 0.248 e. The zero-order valence-corrected chi connectivity index (χ0v) is 12.5. The van der Waals surface area contributed by atoms with Gasteiger partial charge >= 0.3 is 0 Å². The Labute approximate surface area is 126 Å². The highest BCUT2D eigenvalue weighted by Gasteiger charge is 2.03. The van der Waals surface area contributed by atoms with Crippen molar-refractivity contribution in [2.45, 2.75) is 26.2 Å². The number of amides is 1. The van der Waals surface area contributed by atoms with Crippen molar-refractivity contribution in [2.24, 2.45) is 0 Å². The second kappa shape index (κ2) is 7.44. The van der Waals surface area contributed by atoms with Gasteiger partial charge in [0.2, 0.25) is 5.91 Å². The predicted molar refractivity (Wildman–Crippen MR) is 89.3 cm³/mol. The maximum atomic E-state index is 11.9. The van der Waals surface area contributed by atoms with E-state index in [0.29, 0.717) is 5.92 Å². The normalized spacial score (nSPS) is 12.3. The van der Waals surface area contributed by atoms with Crippen molar-refractivity contribution in [2.75, 3.05) is 5.32 Å². The molecule has 1 amide bonds. The molecular weight excluding hydrogens is 258 g/mol. The van der Waals surface area contributed by atoms with Crippen LogP contribution in [0.3, 0.4) is 0 Å². The lowest BCUT2D eigenvalue weighted by Crippen LogP contribution is -2.07. The van der Waals surface area contributed by atoms with Crippen LogP contribution in [0.25, 0.3) is 6.08 Å². The molecule has 1 N–H and O–H groups in total. The van der Waals surface area contributed by atoms with Gasteiger partial charge in [0, 0.05) is 11.8 Å². The summed E-state index contributed by atoms with van der Waals surface area (Å²) >= 11 is 0. The number of hydrogen-bond donors (Lipinski definition) is 1. The first-order valence-electron chi connectivity index (χ1n) is 7.33. The van der Waals surface area contributed by atoms with E-state index in [0.717, 1.165) is 17.7 Å². The van der Waals surface area contributed by atoms with Crippen molar-refractivity contribution in [3.63, 3.8) is 0 Å². The van der Waals surface area contributed by atoms with Crippen molar-refractivity contribution in [1.29, 1.82) is 0 Å². The second-order valence-corrected chi connectivity index (χ2v) is 5.16. The highest BCUT2D eigenvalue weighted by atomic mass is 16.1. The standard InChI is InChI=1S/C19H21NO/c1-3-15(2)17-10-12-18(13-11-17)20-19(21)14-9-16-7-5-4-6-8-16/h4-15H,3H2,1-2H3,(H,20,21)/b14-9+. The summed E-state index contributed by atoms with van der Waals surface area (Å²) < 4.78 is 0. The molecule has 0 aliphatic carbocycles. The maximum absolute atomic E-state index is 11.9. The maximum Gasteiger partial charge on any atom is 0.248 e. The first-order valence-corrected chi connectivity index (χ1v) is 7.33. The van der Waals surface area contributed by atoms with Gasteiger partial charge in [-0.05, 0) is 41.7 Å². The van der Waals surface area contributed by atoms with Gasteiger partial charge in [-0.3, -0.25) is 4.79 Å². The Morgan fingerprint density at radius 1 is 1.10 bits per heavy atom. The number of anilines is 1. The Kier molecular flexibility index (Phi) is 5.33. The lowest BCUT2D eigenvalue weighted by molar-refractivity contribution is -0.111. The van der Waals surface area contributed by atoms with Gasteiger partial charge in [-0.15, -0.1) is 0 Å². The second-order valence-electron chi connectivity index (χ2n) is 5.16. The first-order chi connectivity index (χ1) is 10.2. The molecule has 0 spiro atoms. The Balaban J connectivity index is 1.95. The average molecular weight is 279 g/mol. The third-order valence-corrected chi connectivity index (χ3v) is 3.59. The molecule has 1 atom stereocenters. The topological polar surface area (TPSA) is 29.1 Å². The van der Waals surface area contributed by atoms with Gasteiger partial charge in [0.25, 0.3) is 0 Å². The number of benzene rings is 2. The minimum Gasteiger partial charge on any atom is -0.323 e. The van der Waals surface area contributed by atoms with Crippen molar-refractivity contribution in [3.05, 3.63) is 71.8 Å². The summed E-state index contributed by atoms with van der Waals surface area (Å²) in [6.07, 6.45) is 4.48. The van der Waals surface area contributed by atoms with E-state index < -0.39 is 0 Å². The van der Waals surface area contributed by atoms with Gasteiger partial charge in [0.15, 0.2) is 0 Å². The zero-order chi connectivity index (χ0) is 15.1. The van der Waals surface area contributed by atoms with E-state index in [1.165, 1.54) is 5.56 Å². The molecule has 2 heteroatoms. The molecular formula is C19H21NO. The summed E-state index contributed by atoms with van der Waals surface area (Å²) in [4.78, 5) is 11.9. The molecule has 0 saturated carbocycles. The molecule has 2 aromatic carbocycles. The Bertz CT molecular complexity index is 599. The van der Waals surface area contributed by atoms with Crippen LogP contribution < -0.4 is 5.32 Å². The van der Waals surface area contributed by atoms with Crippen LogP contribution in [-0.2, 0) is 4.79 Å². The van der Waals surface area contributed by atoms with Crippen molar-refractivity contribution >= 4 is 17.7 Å². The van der Waals surface area contributed by atoms with E-state index in [1.54, 1.807) is 6.08 Å². The first kappa shape index (κ1) is 15.0. The highest BCUT2D eigenvalue weighted by Crippen LogP contribution is 2.20. The summed E-state index contributed by atoms with van der Waals surface area (Å²) in [6.45, 7) is 4.38. The van der Waals surface area contributed by atoms with Crippen molar-refractivity contribution in [1.82, 2.24) is 0 Å². The highest BCUT2D eigenvalue weighted by molar-refractivity contribution is 6.01. The molecule has 0 fully saturated rings. The van der Waals surface area contributed by atoms with E-state index in [9.17, 15) is 4.79 Å². The molecule has 0 heterocycles. The summed E-state index contributed by atoms with van der Waals surface area (Å²) in [6, 6.07) is 17.8. The van der Waals surface area contributed by atoms with Crippen LogP contribution in [-0.4, -0.2) is 5.91 Å². The molecule has 0 aliphatic rings. The molecule has 0 aromatic heterocycles. The van der Waals surface area contributed by atoms with Crippen molar-refractivity contribution in [3.8, 4) is 0 Å². The van der Waals surface area contributed by atoms with Crippen LogP contribution in [0.1, 0.15) is 37.3 Å². The summed E-state index contributed by atoms with van der Waals surface area (Å²) in [5, 5.41) is 2.87. The van der Waals surface area contributed by atoms with E-state index in [-0.39, 0.29) is 5.91 Å². The van der Waals surface area contributed by atoms with Crippen LogP contribution in [0.2, 0.25) is 0 Å². The molecule has 0 radical (unpaired) electrons.